The van der Waals surface area contributed by atoms with Gasteiger partial charge in [-0.25, -0.2) is 0 Å². The lowest BCUT2D eigenvalue weighted by atomic mass is 10.0. The summed E-state index contributed by atoms with van der Waals surface area (Å²) in [6.07, 6.45) is 1.25. The molecule has 19 heavy (non-hydrogen) atoms. The summed E-state index contributed by atoms with van der Waals surface area (Å²) in [5.41, 5.74) is 2.94. The van der Waals surface area contributed by atoms with Crippen LogP contribution in [0.5, 0.6) is 0 Å². The zero-order valence-corrected chi connectivity index (χ0v) is 12.8. The van der Waals surface area contributed by atoms with E-state index in [1.54, 1.807) is 10.4 Å². The van der Waals surface area contributed by atoms with Gasteiger partial charge in [-0.1, -0.05) is 37.3 Å². The molecule has 1 atom stereocenters. The monoisotopic (exact) mass is 289 g/mol. The van der Waals surface area contributed by atoms with Gasteiger partial charge in [0.15, 0.2) is 0 Å². The van der Waals surface area contributed by atoms with E-state index >= 15 is 0 Å². The van der Waals surface area contributed by atoms with E-state index in [1.807, 2.05) is 11.3 Å². The van der Waals surface area contributed by atoms with Gasteiger partial charge in [0.2, 0.25) is 0 Å². The molecule has 0 aliphatic carbocycles. The molecule has 1 aliphatic heterocycles. The molecule has 1 nitrogen and oxygen atoms in total. The van der Waals surface area contributed by atoms with Crippen molar-refractivity contribution in [3.05, 3.63) is 57.3 Å². The molecule has 0 bridgehead atoms. The average Bonchev–Trinajstić information content (AvgIpc) is 2.89. The second-order valence-corrected chi connectivity index (χ2v) is 7.07. The van der Waals surface area contributed by atoms with Crippen LogP contribution in [0, 0.1) is 0 Å². The van der Waals surface area contributed by atoms with E-state index in [0.29, 0.717) is 6.04 Å². The fraction of sp³-hybridized carbons (Fsp3) is 0.375. The molecule has 1 aromatic carbocycles. The van der Waals surface area contributed by atoms with Crippen molar-refractivity contribution in [3.63, 3.8) is 0 Å². The lowest BCUT2D eigenvalue weighted by Crippen LogP contribution is -2.20. The highest BCUT2D eigenvalue weighted by Crippen LogP contribution is 2.36. The fourth-order valence-electron chi connectivity index (χ4n) is 2.54. The number of aryl methyl sites for hydroxylation is 1. The summed E-state index contributed by atoms with van der Waals surface area (Å²) < 4.78 is 0. The Kier molecular flexibility index (Phi) is 4.26. The molecule has 1 N–H and O–H groups in total. The minimum absolute atomic E-state index is 0.354. The molecule has 0 amide bonds. The zero-order chi connectivity index (χ0) is 13.1. The molecule has 0 saturated carbocycles. The predicted molar refractivity (Wildman–Crippen MR) is 86.1 cm³/mol. The van der Waals surface area contributed by atoms with Crippen molar-refractivity contribution in [3.8, 4) is 0 Å². The zero-order valence-electron chi connectivity index (χ0n) is 11.2. The number of hydrogen-bond acceptors (Lipinski definition) is 3. The van der Waals surface area contributed by atoms with Crippen molar-refractivity contribution in [2.24, 2.45) is 0 Å². The van der Waals surface area contributed by atoms with E-state index in [4.69, 9.17) is 0 Å². The molecular formula is C16H19NS2. The van der Waals surface area contributed by atoms with Gasteiger partial charge in [0.05, 0.1) is 6.04 Å². The third kappa shape index (κ3) is 2.88. The van der Waals surface area contributed by atoms with Crippen LogP contribution < -0.4 is 5.32 Å². The first kappa shape index (κ1) is 13.2. The first-order valence-electron chi connectivity index (χ1n) is 6.86. The molecule has 3 heteroatoms. The maximum absolute atomic E-state index is 3.63. The third-order valence-corrected chi connectivity index (χ3v) is 5.78. The van der Waals surface area contributed by atoms with E-state index < -0.39 is 0 Å². The standard InChI is InChI=1S/C16H19NS2/c1-2-17-16(12-6-4-3-5-7-12)15-10-13-11-18-9-8-14(13)19-15/h3-7,10,16-17H,2,8-9,11H2,1H3. The lowest BCUT2D eigenvalue weighted by molar-refractivity contribution is 0.639. The largest absolute Gasteiger partial charge is 0.306 e. The van der Waals surface area contributed by atoms with Crippen LogP contribution in [0.2, 0.25) is 0 Å². The minimum atomic E-state index is 0.354. The molecule has 0 spiro atoms. The molecular weight excluding hydrogens is 270 g/mol. The molecule has 0 saturated heterocycles. The fourth-order valence-corrected chi connectivity index (χ4v) is 5.02. The average molecular weight is 289 g/mol. The van der Waals surface area contributed by atoms with E-state index in [2.05, 4.69) is 60.4 Å². The second kappa shape index (κ2) is 6.12. The van der Waals surface area contributed by atoms with Crippen molar-refractivity contribution >= 4 is 23.1 Å². The third-order valence-electron chi connectivity index (χ3n) is 3.47. The number of thioether (sulfide) groups is 1. The van der Waals surface area contributed by atoms with Gasteiger partial charge < -0.3 is 5.32 Å². The Hall–Kier alpha value is -0.770. The van der Waals surface area contributed by atoms with Gasteiger partial charge >= 0.3 is 0 Å². The topological polar surface area (TPSA) is 12.0 Å². The quantitative estimate of drug-likeness (QED) is 0.903. The Balaban J connectivity index is 1.94. The Morgan fingerprint density at radius 3 is 2.84 bits per heavy atom. The normalized spacial score (nSPS) is 16.1. The maximum Gasteiger partial charge on any atom is 0.0671 e. The molecule has 1 aromatic heterocycles. The highest BCUT2D eigenvalue weighted by Gasteiger charge is 2.19. The van der Waals surface area contributed by atoms with Gasteiger partial charge in [-0.05, 0) is 35.9 Å². The molecule has 2 heterocycles. The molecule has 3 rings (SSSR count). The van der Waals surface area contributed by atoms with Crippen LogP contribution in [-0.4, -0.2) is 12.3 Å². The van der Waals surface area contributed by atoms with Crippen LogP contribution in [-0.2, 0) is 12.2 Å². The number of thiophene rings is 1. The second-order valence-electron chi connectivity index (χ2n) is 4.80. The summed E-state index contributed by atoms with van der Waals surface area (Å²) in [5, 5.41) is 3.63. The van der Waals surface area contributed by atoms with Gasteiger partial charge in [-0.3, -0.25) is 0 Å². The molecule has 1 aliphatic rings. The Morgan fingerprint density at radius 2 is 2.11 bits per heavy atom. The van der Waals surface area contributed by atoms with Crippen LogP contribution in [0.1, 0.15) is 33.8 Å². The summed E-state index contributed by atoms with van der Waals surface area (Å²) >= 11 is 4.06. The van der Waals surface area contributed by atoms with Crippen molar-refractivity contribution in [1.29, 1.82) is 0 Å². The van der Waals surface area contributed by atoms with Crippen LogP contribution in [0.15, 0.2) is 36.4 Å². The van der Waals surface area contributed by atoms with Crippen molar-refractivity contribution in [2.45, 2.75) is 25.1 Å². The van der Waals surface area contributed by atoms with Crippen molar-refractivity contribution < 1.29 is 0 Å². The van der Waals surface area contributed by atoms with Crippen LogP contribution in [0.3, 0.4) is 0 Å². The first-order valence-corrected chi connectivity index (χ1v) is 8.83. The van der Waals surface area contributed by atoms with Gasteiger partial charge in [-0.15, -0.1) is 11.3 Å². The summed E-state index contributed by atoms with van der Waals surface area (Å²) in [6, 6.07) is 13.6. The van der Waals surface area contributed by atoms with E-state index in [9.17, 15) is 0 Å². The van der Waals surface area contributed by atoms with E-state index in [-0.39, 0.29) is 0 Å². The smallest absolute Gasteiger partial charge is 0.0671 e. The van der Waals surface area contributed by atoms with Crippen LogP contribution >= 0.6 is 23.1 Å². The van der Waals surface area contributed by atoms with Crippen molar-refractivity contribution in [2.75, 3.05) is 12.3 Å². The van der Waals surface area contributed by atoms with Crippen LogP contribution in [0.25, 0.3) is 0 Å². The molecule has 0 radical (unpaired) electrons. The number of nitrogens with one attached hydrogen (secondary N) is 1. The van der Waals surface area contributed by atoms with Gasteiger partial charge in [0.1, 0.15) is 0 Å². The Morgan fingerprint density at radius 1 is 1.26 bits per heavy atom. The van der Waals surface area contributed by atoms with E-state index in [0.717, 1.165) is 6.54 Å². The van der Waals surface area contributed by atoms with E-state index in [1.165, 1.54) is 28.4 Å². The first-order chi connectivity index (χ1) is 9.38. The summed E-state index contributed by atoms with van der Waals surface area (Å²) in [4.78, 5) is 3.08. The number of benzene rings is 1. The minimum Gasteiger partial charge on any atom is -0.306 e. The Labute approximate surface area is 123 Å². The molecule has 1 unspecified atom stereocenters. The molecule has 2 aromatic rings. The number of hydrogen-bond donors (Lipinski definition) is 1. The summed E-state index contributed by atoms with van der Waals surface area (Å²) in [5.74, 6) is 2.48. The molecule has 0 fully saturated rings. The highest BCUT2D eigenvalue weighted by molar-refractivity contribution is 7.98. The predicted octanol–water partition coefficient (Wildman–Crippen LogP) is 4.24. The lowest BCUT2D eigenvalue weighted by Gasteiger charge is -2.16. The highest BCUT2D eigenvalue weighted by atomic mass is 32.2. The number of fused-ring (bicyclic) bond motifs is 1. The SMILES string of the molecule is CCNC(c1ccccc1)c1cc2c(s1)CCSC2. The van der Waals surface area contributed by atoms with Gasteiger partial charge in [-0.2, -0.15) is 11.8 Å². The summed E-state index contributed by atoms with van der Waals surface area (Å²) in [7, 11) is 0. The van der Waals surface area contributed by atoms with Gasteiger partial charge in [0, 0.05) is 15.5 Å². The number of rotatable bonds is 4. The molecule has 100 valence electrons. The van der Waals surface area contributed by atoms with Gasteiger partial charge in [0.25, 0.3) is 0 Å². The van der Waals surface area contributed by atoms with Crippen molar-refractivity contribution in [1.82, 2.24) is 5.32 Å². The van der Waals surface area contributed by atoms with Crippen LogP contribution in [0.4, 0.5) is 0 Å². The maximum atomic E-state index is 3.63. The summed E-state index contributed by atoms with van der Waals surface area (Å²) in [6.45, 7) is 3.18. The Bertz CT molecular complexity index is 509.